The summed E-state index contributed by atoms with van der Waals surface area (Å²) in [7, 11) is 0. The summed E-state index contributed by atoms with van der Waals surface area (Å²) >= 11 is 0. The van der Waals surface area contributed by atoms with Crippen molar-refractivity contribution in [3.63, 3.8) is 0 Å². The highest BCUT2D eigenvalue weighted by Crippen LogP contribution is 2.26. The quantitative estimate of drug-likeness (QED) is 0.860. The number of aliphatic carboxylic acids is 1. The molecule has 8 heteroatoms. The molecule has 1 atom stereocenters. The third kappa shape index (κ3) is 4.30. The van der Waals surface area contributed by atoms with Crippen LogP contribution in [0, 0.1) is 17.6 Å². The zero-order valence-corrected chi connectivity index (χ0v) is 14.3. The normalized spacial score (nSPS) is 26.4. The lowest BCUT2D eigenvalue weighted by molar-refractivity contribution is -0.142. The lowest BCUT2D eigenvalue weighted by atomic mass is 9.86. The fraction of sp³-hybridized carbons (Fsp3) is 0.556. The van der Waals surface area contributed by atoms with Crippen LogP contribution in [0.3, 0.4) is 0 Å². The molecule has 0 spiro atoms. The van der Waals surface area contributed by atoms with E-state index < -0.39 is 23.7 Å². The number of rotatable bonds is 3. The molecule has 2 N–H and O–H groups in total. The van der Waals surface area contributed by atoms with Crippen LogP contribution in [0.4, 0.5) is 13.6 Å². The number of morpholine rings is 1. The van der Waals surface area contributed by atoms with E-state index in [0.717, 1.165) is 12.1 Å². The first kappa shape index (κ1) is 18.6. The number of urea groups is 1. The van der Waals surface area contributed by atoms with Crippen molar-refractivity contribution in [1.82, 2.24) is 10.2 Å². The van der Waals surface area contributed by atoms with E-state index in [2.05, 4.69) is 5.32 Å². The Kier molecular flexibility index (Phi) is 5.70. The number of nitrogens with zero attached hydrogens (tertiary/aromatic N) is 1. The fourth-order valence-corrected chi connectivity index (χ4v) is 3.50. The van der Waals surface area contributed by atoms with Gasteiger partial charge in [-0.05, 0) is 43.4 Å². The van der Waals surface area contributed by atoms with Crippen LogP contribution >= 0.6 is 0 Å². The summed E-state index contributed by atoms with van der Waals surface area (Å²) in [6.07, 6.45) is 1.88. The minimum atomic E-state index is -0.942. The van der Waals surface area contributed by atoms with Crippen molar-refractivity contribution < 1.29 is 28.2 Å². The number of carbonyl (C=O) groups is 2. The van der Waals surface area contributed by atoms with E-state index in [4.69, 9.17) is 9.84 Å². The van der Waals surface area contributed by atoms with Gasteiger partial charge in [-0.3, -0.25) is 4.79 Å². The van der Waals surface area contributed by atoms with Gasteiger partial charge in [0.05, 0.1) is 19.1 Å². The van der Waals surface area contributed by atoms with Gasteiger partial charge in [0.2, 0.25) is 0 Å². The van der Waals surface area contributed by atoms with Crippen LogP contribution in [-0.2, 0) is 9.53 Å². The average Bonchev–Trinajstić information content (AvgIpc) is 2.64. The zero-order valence-electron chi connectivity index (χ0n) is 14.3. The van der Waals surface area contributed by atoms with Crippen molar-refractivity contribution in [1.29, 1.82) is 0 Å². The molecule has 2 fully saturated rings. The Hall–Kier alpha value is -2.22. The van der Waals surface area contributed by atoms with Crippen molar-refractivity contribution in [2.24, 2.45) is 5.92 Å². The fourth-order valence-electron chi connectivity index (χ4n) is 3.50. The molecule has 2 amide bonds. The molecule has 142 valence electrons. The summed E-state index contributed by atoms with van der Waals surface area (Å²) < 4.78 is 32.1. The second-order valence-electron chi connectivity index (χ2n) is 6.82. The molecule has 1 unspecified atom stereocenters. The first-order valence-electron chi connectivity index (χ1n) is 8.79. The molecule has 1 heterocycles. The van der Waals surface area contributed by atoms with E-state index >= 15 is 0 Å². The summed E-state index contributed by atoms with van der Waals surface area (Å²) in [6, 6.07) is 3.32. The molecular weight excluding hydrogens is 346 g/mol. The van der Waals surface area contributed by atoms with E-state index in [1.165, 1.54) is 6.07 Å². The first-order chi connectivity index (χ1) is 12.4. The van der Waals surface area contributed by atoms with Crippen LogP contribution in [0.5, 0.6) is 0 Å². The van der Waals surface area contributed by atoms with E-state index in [-0.39, 0.29) is 24.5 Å². The maximum absolute atomic E-state index is 13.4. The van der Waals surface area contributed by atoms with Crippen LogP contribution in [-0.4, -0.2) is 47.7 Å². The number of benzene rings is 1. The molecule has 0 radical (unpaired) electrons. The lowest BCUT2D eigenvalue weighted by Crippen LogP contribution is -2.50. The van der Waals surface area contributed by atoms with Gasteiger partial charge in [-0.25, -0.2) is 13.6 Å². The van der Waals surface area contributed by atoms with Crippen LogP contribution in [0.2, 0.25) is 0 Å². The van der Waals surface area contributed by atoms with Crippen LogP contribution in [0.15, 0.2) is 18.2 Å². The molecule has 0 bridgehead atoms. The third-order valence-corrected chi connectivity index (χ3v) is 5.07. The molecule has 6 nitrogen and oxygen atoms in total. The zero-order chi connectivity index (χ0) is 18.7. The molecule has 1 saturated heterocycles. The molecule has 0 aromatic heterocycles. The summed E-state index contributed by atoms with van der Waals surface area (Å²) in [5, 5.41) is 12.0. The van der Waals surface area contributed by atoms with Crippen molar-refractivity contribution >= 4 is 12.0 Å². The van der Waals surface area contributed by atoms with Gasteiger partial charge in [-0.1, -0.05) is 6.07 Å². The van der Waals surface area contributed by atoms with E-state index in [9.17, 15) is 18.4 Å². The largest absolute Gasteiger partial charge is 0.481 e. The molecule has 3 rings (SSSR count). The Balaban J connectivity index is 1.55. The Morgan fingerprint density at radius 1 is 1.15 bits per heavy atom. The predicted octanol–water partition coefficient (Wildman–Crippen LogP) is 2.69. The standard InChI is InChI=1S/C18H22F2N2O4/c19-14-6-3-12(9-15(14)20)16-10-22(7-8-26-16)18(25)21-13-4-1-11(2-5-13)17(23)24/h3,6,9,11,13,16H,1-2,4-5,7-8,10H2,(H,21,25)(H,23,24). The second-order valence-corrected chi connectivity index (χ2v) is 6.82. The Labute approximate surface area is 150 Å². The highest BCUT2D eigenvalue weighted by Gasteiger charge is 2.30. The van der Waals surface area contributed by atoms with Gasteiger partial charge < -0.3 is 20.1 Å². The molecular formula is C18H22F2N2O4. The number of halogens is 2. The summed E-state index contributed by atoms with van der Waals surface area (Å²) in [5.74, 6) is -2.97. The van der Waals surface area contributed by atoms with Gasteiger partial charge in [0.25, 0.3) is 0 Å². The van der Waals surface area contributed by atoms with E-state index in [1.54, 1.807) is 4.90 Å². The van der Waals surface area contributed by atoms with E-state index in [1.807, 2.05) is 0 Å². The summed E-state index contributed by atoms with van der Waals surface area (Å²) in [6.45, 7) is 0.973. The molecule has 1 aromatic rings. The molecule has 1 aromatic carbocycles. The van der Waals surface area contributed by atoms with Crippen LogP contribution < -0.4 is 5.32 Å². The summed E-state index contributed by atoms with van der Waals surface area (Å²) in [5.41, 5.74) is 0.489. The SMILES string of the molecule is O=C(O)C1CCC(NC(=O)N2CCOC(c3ccc(F)c(F)c3)C2)CC1. The molecule has 26 heavy (non-hydrogen) atoms. The number of nitrogens with one attached hydrogen (secondary N) is 1. The predicted molar refractivity (Wildman–Crippen MR) is 88.5 cm³/mol. The number of hydrogen-bond acceptors (Lipinski definition) is 3. The van der Waals surface area contributed by atoms with Gasteiger partial charge in [0, 0.05) is 12.6 Å². The Bertz CT molecular complexity index is 677. The van der Waals surface area contributed by atoms with E-state index in [0.29, 0.717) is 44.4 Å². The maximum Gasteiger partial charge on any atom is 0.317 e. The molecule has 1 saturated carbocycles. The van der Waals surface area contributed by atoms with Gasteiger partial charge in [-0.15, -0.1) is 0 Å². The minimum Gasteiger partial charge on any atom is -0.481 e. The molecule has 1 aliphatic carbocycles. The number of carboxylic acid groups (broad SMARTS) is 1. The number of carboxylic acids is 1. The first-order valence-corrected chi connectivity index (χ1v) is 8.79. The van der Waals surface area contributed by atoms with Crippen molar-refractivity contribution in [3.8, 4) is 0 Å². The number of carbonyl (C=O) groups excluding carboxylic acids is 1. The Morgan fingerprint density at radius 2 is 1.88 bits per heavy atom. The smallest absolute Gasteiger partial charge is 0.317 e. The maximum atomic E-state index is 13.4. The number of amides is 2. The molecule has 1 aliphatic heterocycles. The Morgan fingerprint density at radius 3 is 2.54 bits per heavy atom. The van der Waals surface area contributed by atoms with Gasteiger partial charge in [-0.2, -0.15) is 0 Å². The second kappa shape index (κ2) is 7.99. The average molecular weight is 368 g/mol. The lowest BCUT2D eigenvalue weighted by Gasteiger charge is -2.35. The highest BCUT2D eigenvalue weighted by atomic mass is 19.2. The van der Waals surface area contributed by atoms with Crippen molar-refractivity contribution in [3.05, 3.63) is 35.4 Å². The van der Waals surface area contributed by atoms with Gasteiger partial charge in [0.15, 0.2) is 11.6 Å². The van der Waals surface area contributed by atoms with Gasteiger partial charge >= 0.3 is 12.0 Å². The van der Waals surface area contributed by atoms with Crippen LogP contribution in [0.25, 0.3) is 0 Å². The monoisotopic (exact) mass is 368 g/mol. The van der Waals surface area contributed by atoms with Crippen molar-refractivity contribution in [2.45, 2.75) is 37.8 Å². The van der Waals surface area contributed by atoms with Crippen LogP contribution in [0.1, 0.15) is 37.4 Å². The topological polar surface area (TPSA) is 78.9 Å². The minimum absolute atomic E-state index is 0.0392. The highest BCUT2D eigenvalue weighted by molar-refractivity contribution is 5.75. The number of hydrogen-bond donors (Lipinski definition) is 2. The van der Waals surface area contributed by atoms with Crippen molar-refractivity contribution in [2.75, 3.05) is 19.7 Å². The molecule has 2 aliphatic rings. The third-order valence-electron chi connectivity index (χ3n) is 5.07. The summed E-state index contributed by atoms with van der Waals surface area (Å²) in [4.78, 5) is 25.1. The number of ether oxygens (including phenoxy) is 1. The van der Waals surface area contributed by atoms with Gasteiger partial charge in [0.1, 0.15) is 6.10 Å².